The molecule has 2 atom stereocenters. The minimum Gasteiger partial charge on any atom is -0.394 e. The van der Waals surface area contributed by atoms with Gasteiger partial charge in [-0.05, 0) is 44.9 Å². The number of hydrogen-bond donors (Lipinski definition) is 3. The van der Waals surface area contributed by atoms with E-state index < -0.39 is 12.1 Å². The maximum atomic E-state index is 12.5. The number of allylic oxidation sites excluding steroid dienone is 3. The maximum absolute atomic E-state index is 12.5. The molecule has 3 N–H and O–H groups in total. The second-order valence-corrected chi connectivity index (χ2v) is 25.4. The first-order valence-electron chi connectivity index (χ1n) is 36.6. The van der Waals surface area contributed by atoms with Crippen LogP contribution >= 0.6 is 0 Å². The lowest BCUT2D eigenvalue weighted by atomic mass is 10.0. The van der Waals surface area contributed by atoms with Crippen molar-refractivity contribution in [2.75, 3.05) is 6.61 Å². The van der Waals surface area contributed by atoms with Crippen molar-refractivity contribution in [1.29, 1.82) is 0 Å². The highest BCUT2D eigenvalue weighted by Gasteiger charge is 2.18. The molecule has 0 fully saturated rings. The number of amides is 1. The van der Waals surface area contributed by atoms with Crippen LogP contribution in [-0.4, -0.2) is 34.9 Å². The Kier molecular flexibility index (Phi) is 69.1. The van der Waals surface area contributed by atoms with Crippen LogP contribution in [0.4, 0.5) is 0 Å². The van der Waals surface area contributed by atoms with Crippen LogP contribution in [0.2, 0.25) is 0 Å². The van der Waals surface area contributed by atoms with Crippen molar-refractivity contribution in [3.8, 4) is 0 Å². The number of rotatable bonds is 69. The molecule has 0 aromatic rings. The molecule has 0 heterocycles. The first kappa shape index (κ1) is 76.9. The summed E-state index contributed by atoms with van der Waals surface area (Å²) in [6, 6.07) is -0.621. The SMILES string of the molecule is CCCCCCCCCC/C=C\CCCCCCCCCCCCCCCCCCCCCCCCCCCCCC(=O)NC(CO)C(O)/C=C/CCCCCCCCCCCCCCCCCCCCCCCCCCC. The lowest BCUT2D eigenvalue weighted by molar-refractivity contribution is -0.123. The number of carbonyl (C=O) groups is 1. The standard InChI is InChI=1S/C74H145NO3/c1-3-5-7-9-11-13-15-17-19-21-23-25-27-29-31-32-33-34-35-36-37-38-39-40-41-42-44-46-48-50-52-54-56-58-60-62-64-66-68-70-74(78)75-72(71-76)73(77)69-67-65-63-61-59-57-55-53-51-49-47-45-43-30-28-26-24-22-20-18-16-14-12-10-8-6-4-2/h21,23,67,69,72-73,76-77H,3-20,22,24-66,68,70-71H2,1-2H3,(H,75,78)/b23-21-,69-67+. The van der Waals surface area contributed by atoms with Gasteiger partial charge >= 0.3 is 0 Å². The van der Waals surface area contributed by atoms with Crippen LogP contribution in [0.1, 0.15) is 425 Å². The lowest BCUT2D eigenvalue weighted by Crippen LogP contribution is -2.45. The molecule has 78 heavy (non-hydrogen) atoms. The molecule has 0 radical (unpaired) electrons. The highest BCUT2D eigenvalue weighted by atomic mass is 16.3. The Balaban J connectivity index is 3.38. The summed E-state index contributed by atoms with van der Waals surface area (Å²) in [5.74, 6) is -0.0535. The Hall–Kier alpha value is -1.13. The van der Waals surface area contributed by atoms with Crippen LogP contribution in [0.25, 0.3) is 0 Å². The third kappa shape index (κ3) is 65.7. The predicted molar refractivity (Wildman–Crippen MR) is 350 cm³/mol. The molecule has 2 unspecified atom stereocenters. The molecular weight excluding hydrogens is 951 g/mol. The van der Waals surface area contributed by atoms with E-state index >= 15 is 0 Å². The van der Waals surface area contributed by atoms with Crippen molar-refractivity contribution in [3.05, 3.63) is 24.3 Å². The topological polar surface area (TPSA) is 69.6 Å². The molecule has 0 aliphatic heterocycles. The van der Waals surface area contributed by atoms with Gasteiger partial charge in [0.2, 0.25) is 5.91 Å². The Morgan fingerprint density at radius 1 is 0.295 bits per heavy atom. The average molecular weight is 1100 g/mol. The second-order valence-electron chi connectivity index (χ2n) is 25.4. The molecule has 0 aliphatic rings. The lowest BCUT2D eigenvalue weighted by Gasteiger charge is -2.20. The largest absolute Gasteiger partial charge is 0.394 e. The van der Waals surface area contributed by atoms with Crippen LogP contribution in [0.15, 0.2) is 24.3 Å². The Morgan fingerprint density at radius 3 is 0.705 bits per heavy atom. The third-order valence-electron chi connectivity index (χ3n) is 17.4. The summed E-state index contributed by atoms with van der Waals surface area (Å²) >= 11 is 0. The summed E-state index contributed by atoms with van der Waals surface area (Å²) in [5, 5.41) is 23.3. The maximum Gasteiger partial charge on any atom is 0.220 e. The van der Waals surface area contributed by atoms with Gasteiger partial charge in [0.05, 0.1) is 18.8 Å². The van der Waals surface area contributed by atoms with E-state index in [0.29, 0.717) is 6.42 Å². The number of carbonyl (C=O) groups excluding carboxylic acids is 1. The highest BCUT2D eigenvalue weighted by Crippen LogP contribution is 2.20. The molecule has 0 aliphatic carbocycles. The van der Waals surface area contributed by atoms with Gasteiger partial charge in [0.25, 0.3) is 0 Å². The fraction of sp³-hybridized carbons (Fsp3) is 0.932. The number of hydrogen-bond acceptors (Lipinski definition) is 3. The molecule has 0 bridgehead atoms. The summed E-state index contributed by atoms with van der Waals surface area (Å²) < 4.78 is 0. The molecule has 0 spiro atoms. The van der Waals surface area contributed by atoms with E-state index in [1.807, 2.05) is 6.08 Å². The van der Waals surface area contributed by atoms with Gasteiger partial charge < -0.3 is 15.5 Å². The molecule has 4 nitrogen and oxygen atoms in total. The van der Waals surface area contributed by atoms with Gasteiger partial charge in [-0.25, -0.2) is 0 Å². The Bertz CT molecular complexity index is 1150. The van der Waals surface area contributed by atoms with E-state index in [1.165, 1.54) is 379 Å². The fourth-order valence-electron chi connectivity index (χ4n) is 11.9. The number of unbranched alkanes of at least 4 members (excludes halogenated alkanes) is 60. The van der Waals surface area contributed by atoms with E-state index in [-0.39, 0.29) is 12.5 Å². The molecule has 464 valence electrons. The predicted octanol–water partition coefficient (Wildman–Crippen LogP) is 24.9. The van der Waals surface area contributed by atoms with Gasteiger partial charge in [0.1, 0.15) is 0 Å². The van der Waals surface area contributed by atoms with Gasteiger partial charge in [-0.1, -0.05) is 398 Å². The fourth-order valence-corrected chi connectivity index (χ4v) is 11.9. The molecule has 0 rings (SSSR count). The van der Waals surface area contributed by atoms with Gasteiger partial charge in [-0.15, -0.1) is 0 Å². The first-order valence-corrected chi connectivity index (χ1v) is 36.6. The number of aliphatic hydroxyl groups excluding tert-OH is 2. The Morgan fingerprint density at radius 2 is 0.487 bits per heavy atom. The highest BCUT2D eigenvalue weighted by molar-refractivity contribution is 5.76. The van der Waals surface area contributed by atoms with E-state index in [4.69, 9.17) is 0 Å². The molecule has 0 aromatic carbocycles. The van der Waals surface area contributed by atoms with Crippen LogP contribution in [0.3, 0.4) is 0 Å². The summed E-state index contributed by atoms with van der Waals surface area (Å²) in [6.07, 6.45) is 95.8. The van der Waals surface area contributed by atoms with Gasteiger partial charge in [0.15, 0.2) is 0 Å². The minimum absolute atomic E-state index is 0.0535. The van der Waals surface area contributed by atoms with Gasteiger partial charge in [-0.2, -0.15) is 0 Å². The van der Waals surface area contributed by atoms with E-state index in [9.17, 15) is 15.0 Å². The normalized spacial score (nSPS) is 12.7. The van der Waals surface area contributed by atoms with Crippen LogP contribution < -0.4 is 5.32 Å². The van der Waals surface area contributed by atoms with Gasteiger partial charge in [-0.3, -0.25) is 4.79 Å². The zero-order valence-corrected chi connectivity index (χ0v) is 53.7. The molecule has 0 aromatic heterocycles. The first-order chi connectivity index (χ1) is 38.7. The summed E-state index contributed by atoms with van der Waals surface area (Å²) in [4.78, 5) is 12.5. The molecule has 0 saturated heterocycles. The van der Waals surface area contributed by atoms with Crippen LogP contribution in [-0.2, 0) is 4.79 Å². The van der Waals surface area contributed by atoms with Crippen molar-refractivity contribution < 1.29 is 15.0 Å². The van der Waals surface area contributed by atoms with Crippen LogP contribution in [0, 0.1) is 0 Å². The quantitative estimate of drug-likeness (QED) is 0.0420. The zero-order chi connectivity index (χ0) is 56.2. The summed E-state index contributed by atoms with van der Waals surface area (Å²) in [7, 11) is 0. The second kappa shape index (κ2) is 70.1. The van der Waals surface area contributed by atoms with E-state index in [2.05, 4.69) is 31.3 Å². The third-order valence-corrected chi connectivity index (χ3v) is 17.4. The summed E-state index contributed by atoms with van der Waals surface area (Å²) in [5.41, 5.74) is 0. The van der Waals surface area contributed by atoms with Crippen molar-refractivity contribution in [3.63, 3.8) is 0 Å². The van der Waals surface area contributed by atoms with Crippen molar-refractivity contribution in [2.45, 2.75) is 437 Å². The number of nitrogens with one attached hydrogen (secondary N) is 1. The molecule has 0 saturated carbocycles. The number of aliphatic hydroxyl groups is 2. The van der Waals surface area contributed by atoms with Crippen molar-refractivity contribution in [2.24, 2.45) is 0 Å². The van der Waals surface area contributed by atoms with E-state index in [0.717, 1.165) is 25.7 Å². The molecule has 1 amide bonds. The monoisotopic (exact) mass is 1100 g/mol. The van der Waals surface area contributed by atoms with Crippen molar-refractivity contribution >= 4 is 5.91 Å². The zero-order valence-electron chi connectivity index (χ0n) is 53.7. The Labute approximate surface area is 491 Å². The van der Waals surface area contributed by atoms with Crippen molar-refractivity contribution in [1.82, 2.24) is 5.32 Å². The van der Waals surface area contributed by atoms with Crippen LogP contribution in [0.5, 0.6) is 0 Å². The van der Waals surface area contributed by atoms with E-state index in [1.54, 1.807) is 6.08 Å². The average Bonchev–Trinajstić information content (AvgIpc) is 3.44. The minimum atomic E-state index is -0.838. The van der Waals surface area contributed by atoms with Gasteiger partial charge in [0, 0.05) is 6.42 Å². The smallest absolute Gasteiger partial charge is 0.220 e. The molecular formula is C74H145NO3. The molecule has 4 heteroatoms. The summed E-state index contributed by atoms with van der Waals surface area (Å²) in [6.45, 7) is 4.36.